The molecule has 2 aromatic carbocycles. The Morgan fingerprint density at radius 2 is 1.67 bits per heavy atom. The number of nitrogens with one attached hydrogen (secondary N) is 2. The van der Waals surface area contributed by atoms with Crippen LogP contribution in [-0.4, -0.2) is 31.0 Å². The molecule has 2 N–H and O–H groups in total. The Morgan fingerprint density at radius 1 is 0.846 bits per heavy atom. The molecule has 1 aliphatic carbocycles. The number of benzene rings is 2. The molecule has 0 amide bonds. The number of aromatic amines is 2. The number of halogens is 6. The van der Waals surface area contributed by atoms with Crippen LogP contribution in [0, 0.1) is 0 Å². The van der Waals surface area contributed by atoms with Gasteiger partial charge in [0.05, 0.1) is 39.5 Å². The van der Waals surface area contributed by atoms with Crippen LogP contribution >= 0.6 is 0 Å². The molecule has 0 spiro atoms. The van der Waals surface area contributed by atoms with E-state index in [4.69, 9.17) is 9.47 Å². The zero-order valence-electron chi connectivity index (χ0n) is 19.4. The van der Waals surface area contributed by atoms with Crippen molar-refractivity contribution in [1.29, 1.82) is 0 Å². The topological polar surface area (TPSA) is 88.7 Å². The highest BCUT2D eigenvalue weighted by Crippen LogP contribution is 2.63. The van der Waals surface area contributed by atoms with E-state index in [1.807, 2.05) is 0 Å². The molecular weight excluding hydrogens is 528 g/mol. The summed E-state index contributed by atoms with van der Waals surface area (Å²) in [6.07, 6.45) is -7.10. The highest BCUT2D eigenvalue weighted by molar-refractivity contribution is 5.76. The first-order valence-corrected chi connectivity index (χ1v) is 11.7. The number of fused-ring (bicyclic) bond motifs is 4. The van der Waals surface area contributed by atoms with E-state index in [-0.39, 0.29) is 35.2 Å². The Labute approximate surface area is 214 Å². The maximum Gasteiger partial charge on any atom is 0.417 e. The lowest BCUT2D eigenvalue weighted by atomic mass is 10.1. The summed E-state index contributed by atoms with van der Waals surface area (Å²) < 4.78 is 89.9. The fraction of sp³-hybridized carbons (Fsp3) is 0.192. The number of ether oxygens (including phenoxy) is 2. The average Bonchev–Trinajstić information content (AvgIpc) is 3.28. The van der Waals surface area contributed by atoms with Gasteiger partial charge >= 0.3 is 12.4 Å². The van der Waals surface area contributed by atoms with E-state index in [9.17, 15) is 26.3 Å². The second-order valence-corrected chi connectivity index (χ2v) is 9.33. The van der Waals surface area contributed by atoms with Gasteiger partial charge in [0, 0.05) is 23.7 Å². The maximum absolute atomic E-state index is 13.1. The molecule has 13 heteroatoms. The molecule has 7 rings (SSSR count). The van der Waals surface area contributed by atoms with Crippen LogP contribution in [0.2, 0.25) is 0 Å². The molecular formula is C26H15F6N5O2. The highest BCUT2D eigenvalue weighted by atomic mass is 19.4. The third-order valence-electron chi connectivity index (χ3n) is 6.85. The van der Waals surface area contributed by atoms with Gasteiger partial charge in [0.25, 0.3) is 0 Å². The number of rotatable bonds is 4. The SMILES string of the molecule is FC(F)(F)c1c[nH]c(-c2cc(Oc3ccc4c(c3)[C@@H]3C(O4)C3c3nc4ccc(C(F)(F)F)cc4[nH]3)ncn2)c1. The predicted octanol–water partition coefficient (Wildman–Crippen LogP) is 6.82. The second kappa shape index (κ2) is 7.98. The van der Waals surface area contributed by atoms with Gasteiger partial charge in [0.15, 0.2) is 0 Å². The molecule has 0 saturated heterocycles. The lowest BCUT2D eigenvalue weighted by Crippen LogP contribution is -2.04. The van der Waals surface area contributed by atoms with Crippen LogP contribution in [0.4, 0.5) is 26.3 Å². The van der Waals surface area contributed by atoms with Gasteiger partial charge in [-0.15, -0.1) is 0 Å². The van der Waals surface area contributed by atoms with E-state index in [0.717, 1.165) is 30.0 Å². The van der Waals surface area contributed by atoms with Crippen molar-refractivity contribution in [1.82, 2.24) is 24.9 Å². The summed E-state index contributed by atoms with van der Waals surface area (Å²) >= 11 is 0. The fourth-order valence-electron chi connectivity index (χ4n) is 4.96. The highest BCUT2D eigenvalue weighted by Gasteiger charge is 2.61. The summed E-state index contributed by atoms with van der Waals surface area (Å²) in [5.74, 6) is 1.54. The predicted molar refractivity (Wildman–Crippen MR) is 124 cm³/mol. The Balaban J connectivity index is 1.11. The van der Waals surface area contributed by atoms with E-state index >= 15 is 0 Å². The molecule has 39 heavy (non-hydrogen) atoms. The van der Waals surface area contributed by atoms with Crippen molar-refractivity contribution in [2.45, 2.75) is 30.3 Å². The van der Waals surface area contributed by atoms with Gasteiger partial charge in [-0.25, -0.2) is 15.0 Å². The standard InChI is InChI=1S/C26H15F6N5O2/c27-25(28,29)11-1-3-15-18(5-11)37-24(36-15)22-21-14-7-13(2-4-19(14)39-23(21)22)38-20-8-17(34-10-35-20)16-6-12(9-33-16)26(30,31)32/h1-10,21-23,33H,(H,36,37)/t21-,22?,23?/m0/s1. The zero-order valence-corrected chi connectivity index (χ0v) is 19.4. The average molecular weight is 543 g/mol. The molecule has 0 radical (unpaired) electrons. The summed E-state index contributed by atoms with van der Waals surface area (Å²) in [5.41, 5.74) is 0.392. The third kappa shape index (κ3) is 4.04. The van der Waals surface area contributed by atoms with Crippen LogP contribution in [0.3, 0.4) is 0 Å². The molecule has 3 atom stereocenters. The van der Waals surface area contributed by atoms with Crippen molar-refractivity contribution in [2.24, 2.45) is 0 Å². The molecule has 1 aliphatic heterocycles. The molecule has 1 fully saturated rings. The van der Waals surface area contributed by atoms with Crippen LogP contribution in [0.25, 0.3) is 22.4 Å². The number of hydrogen-bond acceptors (Lipinski definition) is 5. The van der Waals surface area contributed by atoms with E-state index in [1.165, 1.54) is 18.5 Å². The van der Waals surface area contributed by atoms with Crippen molar-refractivity contribution in [2.75, 3.05) is 0 Å². The van der Waals surface area contributed by atoms with Crippen LogP contribution in [0.1, 0.15) is 34.4 Å². The first-order valence-electron chi connectivity index (χ1n) is 11.7. The quantitative estimate of drug-likeness (QED) is 0.243. The number of H-pyrrole nitrogens is 2. The van der Waals surface area contributed by atoms with Crippen LogP contribution in [0.5, 0.6) is 17.4 Å². The Hall–Kier alpha value is -4.55. The fourth-order valence-corrected chi connectivity index (χ4v) is 4.96. The van der Waals surface area contributed by atoms with E-state index in [2.05, 4.69) is 24.9 Å². The maximum atomic E-state index is 13.1. The number of alkyl halides is 6. The Morgan fingerprint density at radius 3 is 2.44 bits per heavy atom. The molecule has 3 aromatic heterocycles. The molecule has 0 bridgehead atoms. The minimum atomic E-state index is -4.49. The lowest BCUT2D eigenvalue weighted by molar-refractivity contribution is -0.138. The molecule has 4 heterocycles. The summed E-state index contributed by atoms with van der Waals surface area (Å²) in [4.78, 5) is 18.1. The summed E-state index contributed by atoms with van der Waals surface area (Å²) in [7, 11) is 0. The second-order valence-electron chi connectivity index (χ2n) is 9.33. The first kappa shape index (κ1) is 23.6. The normalized spacial score (nSPS) is 20.0. The minimum absolute atomic E-state index is 0.0631. The molecule has 1 saturated carbocycles. The van der Waals surface area contributed by atoms with Crippen LogP contribution in [-0.2, 0) is 12.4 Å². The number of aromatic nitrogens is 5. The Bertz CT molecular complexity index is 1740. The van der Waals surface area contributed by atoms with Crippen molar-refractivity contribution in [3.63, 3.8) is 0 Å². The summed E-state index contributed by atoms with van der Waals surface area (Å²) in [5, 5.41) is 0. The largest absolute Gasteiger partial charge is 0.489 e. The van der Waals surface area contributed by atoms with Gasteiger partial charge in [-0.3, -0.25) is 0 Å². The van der Waals surface area contributed by atoms with Gasteiger partial charge in [-0.2, -0.15) is 26.3 Å². The summed E-state index contributed by atoms with van der Waals surface area (Å²) in [6, 6.07) is 10.9. The zero-order chi connectivity index (χ0) is 27.1. The van der Waals surface area contributed by atoms with Crippen molar-refractivity contribution in [3.05, 3.63) is 83.6 Å². The molecule has 5 aromatic rings. The van der Waals surface area contributed by atoms with E-state index in [1.54, 1.807) is 18.2 Å². The van der Waals surface area contributed by atoms with Gasteiger partial charge in [0.1, 0.15) is 29.8 Å². The third-order valence-corrected chi connectivity index (χ3v) is 6.85. The number of nitrogens with zero attached hydrogens (tertiary/aromatic N) is 3. The van der Waals surface area contributed by atoms with Crippen molar-refractivity contribution in [3.8, 4) is 28.8 Å². The van der Waals surface area contributed by atoms with Crippen LogP contribution < -0.4 is 9.47 Å². The van der Waals surface area contributed by atoms with Crippen molar-refractivity contribution < 1.29 is 35.8 Å². The molecule has 198 valence electrons. The van der Waals surface area contributed by atoms with Gasteiger partial charge < -0.3 is 19.4 Å². The monoisotopic (exact) mass is 543 g/mol. The molecule has 2 aliphatic rings. The van der Waals surface area contributed by atoms with Gasteiger partial charge in [0.2, 0.25) is 5.88 Å². The first-order chi connectivity index (χ1) is 18.5. The number of hydrogen-bond donors (Lipinski definition) is 2. The van der Waals surface area contributed by atoms with Crippen LogP contribution in [0.15, 0.2) is 61.1 Å². The van der Waals surface area contributed by atoms with Gasteiger partial charge in [-0.05, 0) is 42.5 Å². The van der Waals surface area contributed by atoms with Crippen molar-refractivity contribution >= 4 is 11.0 Å². The minimum Gasteiger partial charge on any atom is -0.489 e. The van der Waals surface area contributed by atoms with E-state index < -0.39 is 23.5 Å². The van der Waals surface area contributed by atoms with E-state index in [0.29, 0.717) is 28.4 Å². The molecule has 2 unspecified atom stereocenters. The van der Waals surface area contributed by atoms with Gasteiger partial charge in [-0.1, -0.05) is 0 Å². The smallest absolute Gasteiger partial charge is 0.417 e. The molecule has 7 nitrogen and oxygen atoms in total. The summed E-state index contributed by atoms with van der Waals surface area (Å²) in [6.45, 7) is 0. The number of imidazole rings is 1. The Kier molecular flexibility index (Phi) is 4.82. The lowest BCUT2D eigenvalue weighted by Gasteiger charge is -2.10.